The van der Waals surface area contributed by atoms with Gasteiger partial charge in [0.2, 0.25) is 0 Å². The summed E-state index contributed by atoms with van der Waals surface area (Å²) in [4.78, 5) is 27.8. The van der Waals surface area contributed by atoms with E-state index in [0.717, 1.165) is 37.4 Å². The van der Waals surface area contributed by atoms with E-state index in [1.807, 2.05) is 13.0 Å². The molecule has 2 aromatic carbocycles. The largest absolute Gasteiger partial charge is 0.367 e. The number of hydrogen-bond donors (Lipinski definition) is 1. The molecule has 0 saturated carbocycles. The van der Waals surface area contributed by atoms with E-state index in [1.54, 1.807) is 18.2 Å². The van der Waals surface area contributed by atoms with Crippen LogP contribution in [0, 0.1) is 17.0 Å². The minimum atomic E-state index is -0.469. The SMILES string of the molecule is Cc1ccc(Cl)c(C(=O)Nc2cc([N+](=O)[O-])ccc2N2CCN(C)CC2)c1. The molecule has 3 rings (SSSR count). The van der Waals surface area contributed by atoms with Crippen LogP contribution in [0.3, 0.4) is 0 Å². The molecule has 27 heavy (non-hydrogen) atoms. The van der Waals surface area contributed by atoms with Crippen LogP contribution in [0.25, 0.3) is 0 Å². The van der Waals surface area contributed by atoms with E-state index in [-0.39, 0.29) is 11.6 Å². The standard InChI is InChI=1S/C19H21ClN4O3/c1-13-3-5-16(20)15(11-13)19(25)21-17-12-14(24(26)27)4-6-18(17)23-9-7-22(2)8-10-23/h3-6,11-12H,7-10H2,1-2H3,(H,21,25). The summed E-state index contributed by atoms with van der Waals surface area (Å²) < 4.78 is 0. The van der Waals surface area contributed by atoms with Gasteiger partial charge in [-0.2, -0.15) is 0 Å². The number of carbonyl (C=O) groups excluding carboxylic acids is 1. The van der Waals surface area contributed by atoms with Crippen molar-refractivity contribution in [1.29, 1.82) is 0 Å². The summed E-state index contributed by atoms with van der Waals surface area (Å²) in [7, 11) is 2.05. The van der Waals surface area contributed by atoms with Gasteiger partial charge in [0.1, 0.15) is 0 Å². The average molecular weight is 389 g/mol. The minimum absolute atomic E-state index is 0.0708. The molecule has 7 nitrogen and oxygen atoms in total. The van der Waals surface area contributed by atoms with Crippen LogP contribution in [0.2, 0.25) is 5.02 Å². The predicted octanol–water partition coefficient (Wildman–Crippen LogP) is 3.56. The summed E-state index contributed by atoms with van der Waals surface area (Å²) in [5.74, 6) is -0.389. The highest BCUT2D eigenvalue weighted by Crippen LogP contribution is 2.32. The molecule has 2 aromatic rings. The average Bonchev–Trinajstić information content (AvgIpc) is 2.64. The summed E-state index contributed by atoms with van der Waals surface area (Å²) in [6, 6.07) is 9.74. The third-order valence-electron chi connectivity index (χ3n) is 4.65. The number of halogens is 1. The number of rotatable bonds is 4. The number of amides is 1. The Labute approximate surface area is 162 Å². The fourth-order valence-corrected chi connectivity index (χ4v) is 3.27. The smallest absolute Gasteiger partial charge is 0.271 e. The van der Waals surface area contributed by atoms with Gasteiger partial charge in [-0.1, -0.05) is 23.2 Å². The number of nitro groups is 1. The van der Waals surface area contributed by atoms with Gasteiger partial charge in [0.15, 0.2) is 0 Å². The molecule has 0 spiro atoms. The van der Waals surface area contributed by atoms with Crippen molar-refractivity contribution in [3.8, 4) is 0 Å². The van der Waals surface area contributed by atoms with Gasteiger partial charge in [0.25, 0.3) is 11.6 Å². The van der Waals surface area contributed by atoms with Gasteiger partial charge in [-0.25, -0.2) is 0 Å². The van der Waals surface area contributed by atoms with Crippen molar-refractivity contribution in [1.82, 2.24) is 4.90 Å². The lowest BCUT2D eigenvalue weighted by Crippen LogP contribution is -2.44. The van der Waals surface area contributed by atoms with Crippen molar-refractivity contribution in [2.45, 2.75) is 6.92 Å². The first-order valence-electron chi connectivity index (χ1n) is 8.64. The Morgan fingerprint density at radius 1 is 1.15 bits per heavy atom. The number of benzene rings is 2. The number of likely N-dealkylation sites (N-methyl/N-ethyl adjacent to an activating group) is 1. The molecule has 142 valence electrons. The molecule has 1 heterocycles. The molecule has 0 atom stereocenters. The van der Waals surface area contributed by atoms with Crippen LogP contribution in [-0.4, -0.2) is 49.0 Å². The maximum Gasteiger partial charge on any atom is 0.271 e. The summed E-state index contributed by atoms with van der Waals surface area (Å²) in [6.45, 7) is 5.20. The molecule has 1 amide bonds. The minimum Gasteiger partial charge on any atom is -0.367 e. The van der Waals surface area contributed by atoms with Crippen molar-refractivity contribution in [3.05, 3.63) is 62.7 Å². The van der Waals surface area contributed by atoms with Gasteiger partial charge in [-0.15, -0.1) is 0 Å². The summed E-state index contributed by atoms with van der Waals surface area (Å²) in [5.41, 5.74) is 2.36. The fourth-order valence-electron chi connectivity index (χ4n) is 3.06. The van der Waals surface area contributed by atoms with E-state index < -0.39 is 4.92 Å². The van der Waals surface area contributed by atoms with Crippen LogP contribution in [-0.2, 0) is 0 Å². The molecular weight excluding hydrogens is 368 g/mol. The first kappa shape index (κ1) is 19.1. The Kier molecular flexibility index (Phi) is 5.62. The van der Waals surface area contributed by atoms with Crippen LogP contribution in [0.4, 0.5) is 17.1 Å². The van der Waals surface area contributed by atoms with Gasteiger partial charge < -0.3 is 15.1 Å². The molecule has 0 radical (unpaired) electrons. The van der Waals surface area contributed by atoms with Crippen molar-refractivity contribution < 1.29 is 9.72 Å². The van der Waals surface area contributed by atoms with Gasteiger partial charge in [-0.05, 0) is 32.2 Å². The predicted molar refractivity (Wildman–Crippen MR) is 107 cm³/mol. The number of anilines is 2. The zero-order valence-electron chi connectivity index (χ0n) is 15.2. The first-order chi connectivity index (χ1) is 12.8. The first-order valence-corrected chi connectivity index (χ1v) is 9.02. The third kappa shape index (κ3) is 4.37. The highest BCUT2D eigenvalue weighted by Gasteiger charge is 2.21. The number of nitro benzene ring substituents is 1. The lowest BCUT2D eigenvalue weighted by atomic mass is 10.1. The van der Waals surface area contributed by atoms with Gasteiger partial charge in [-0.3, -0.25) is 14.9 Å². The van der Waals surface area contributed by atoms with E-state index in [0.29, 0.717) is 16.3 Å². The molecule has 1 aliphatic heterocycles. The molecule has 1 N–H and O–H groups in total. The molecule has 1 aliphatic rings. The number of hydrogen-bond acceptors (Lipinski definition) is 5. The second kappa shape index (κ2) is 7.94. The number of piperazine rings is 1. The van der Waals surface area contributed by atoms with Gasteiger partial charge in [0.05, 0.1) is 26.9 Å². The molecule has 0 aromatic heterocycles. The highest BCUT2D eigenvalue weighted by molar-refractivity contribution is 6.34. The number of non-ortho nitro benzene ring substituents is 1. The van der Waals surface area contributed by atoms with Crippen LogP contribution in [0.1, 0.15) is 15.9 Å². The number of aryl methyl sites for hydroxylation is 1. The lowest BCUT2D eigenvalue weighted by Gasteiger charge is -2.35. The van der Waals surface area contributed by atoms with Gasteiger partial charge >= 0.3 is 0 Å². The van der Waals surface area contributed by atoms with Crippen molar-refractivity contribution in [2.75, 3.05) is 43.4 Å². The van der Waals surface area contributed by atoms with E-state index in [1.165, 1.54) is 12.1 Å². The van der Waals surface area contributed by atoms with Crippen molar-refractivity contribution in [2.24, 2.45) is 0 Å². The second-order valence-electron chi connectivity index (χ2n) is 6.69. The van der Waals surface area contributed by atoms with E-state index in [2.05, 4.69) is 22.2 Å². The Morgan fingerprint density at radius 3 is 2.52 bits per heavy atom. The molecular formula is C19H21ClN4O3. The van der Waals surface area contributed by atoms with Crippen LogP contribution >= 0.6 is 11.6 Å². The molecule has 0 bridgehead atoms. The zero-order chi connectivity index (χ0) is 19.6. The van der Waals surface area contributed by atoms with E-state index in [4.69, 9.17) is 11.6 Å². The Hall–Kier alpha value is -2.64. The van der Waals surface area contributed by atoms with Crippen LogP contribution in [0.15, 0.2) is 36.4 Å². The van der Waals surface area contributed by atoms with Gasteiger partial charge in [0, 0.05) is 38.3 Å². The maximum absolute atomic E-state index is 12.8. The molecule has 0 unspecified atom stereocenters. The number of carbonyl (C=O) groups is 1. The van der Waals surface area contributed by atoms with E-state index in [9.17, 15) is 14.9 Å². The Morgan fingerprint density at radius 2 is 1.85 bits per heavy atom. The highest BCUT2D eigenvalue weighted by atomic mass is 35.5. The molecule has 1 fully saturated rings. The van der Waals surface area contributed by atoms with Crippen LogP contribution < -0.4 is 10.2 Å². The molecule has 8 heteroatoms. The topological polar surface area (TPSA) is 78.7 Å². The quantitative estimate of drug-likeness (QED) is 0.640. The Balaban J connectivity index is 1.94. The number of nitrogens with zero attached hydrogens (tertiary/aromatic N) is 3. The summed E-state index contributed by atoms with van der Waals surface area (Å²) >= 11 is 6.16. The zero-order valence-corrected chi connectivity index (χ0v) is 16.0. The molecule has 1 saturated heterocycles. The lowest BCUT2D eigenvalue weighted by molar-refractivity contribution is -0.384. The second-order valence-corrected chi connectivity index (χ2v) is 7.09. The van der Waals surface area contributed by atoms with Crippen LogP contribution in [0.5, 0.6) is 0 Å². The summed E-state index contributed by atoms with van der Waals surface area (Å²) in [6.07, 6.45) is 0. The monoisotopic (exact) mass is 388 g/mol. The maximum atomic E-state index is 12.8. The van der Waals surface area contributed by atoms with E-state index >= 15 is 0 Å². The normalized spacial score (nSPS) is 14.9. The third-order valence-corrected chi connectivity index (χ3v) is 4.98. The summed E-state index contributed by atoms with van der Waals surface area (Å²) in [5, 5.41) is 14.3. The molecule has 0 aliphatic carbocycles. The Bertz CT molecular complexity index is 879. The van der Waals surface area contributed by atoms with Crippen molar-refractivity contribution >= 4 is 34.6 Å². The fraction of sp³-hybridized carbons (Fsp3) is 0.316. The van der Waals surface area contributed by atoms with Crippen molar-refractivity contribution in [3.63, 3.8) is 0 Å². The number of nitrogens with one attached hydrogen (secondary N) is 1.